The van der Waals surface area contributed by atoms with Crippen molar-refractivity contribution in [1.29, 1.82) is 0 Å². The summed E-state index contributed by atoms with van der Waals surface area (Å²) in [5.41, 5.74) is 2.78. The van der Waals surface area contributed by atoms with E-state index >= 15 is 0 Å². The van der Waals surface area contributed by atoms with E-state index in [1.165, 1.54) is 35.6 Å². The number of fused-ring (bicyclic) bond motifs is 1. The fourth-order valence-corrected chi connectivity index (χ4v) is 4.14. The van der Waals surface area contributed by atoms with Crippen LogP contribution in [0.5, 0.6) is 0 Å². The van der Waals surface area contributed by atoms with Gasteiger partial charge in [-0.1, -0.05) is 18.2 Å². The van der Waals surface area contributed by atoms with Gasteiger partial charge in [-0.3, -0.25) is 14.9 Å². The van der Waals surface area contributed by atoms with Gasteiger partial charge < -0.3 is 4.90 Å². The number of halogens is 1. The number of benzene rings is 2. The van der Waals surface area contributed by atoms with Crippen LogP contribution in [0, 0.1) is 15.9 Å². The second-order valence-corrected chi connectivity index (χ2v) is 7.41. The number of aryl methyl sites for hydroxylation is 1. The number of rotatable bonds is 4. The van der Waals surface area contributed by atoms with Crippen molar-refractivity contribution in [3.8, 4) is 10.6 Å². The van der Waals surface area contributed by atoms with Crippen LogP contribution in [0.3, 0.4) is 0 Å². The van der Waals surface area contributed by atoms with Crippen LogP contribution in [0.1, 0.15) is 17.7 Å². The number of thiazole rings is 1. The number of nitro groups is 1. The Morgan fingerprint density at radius 2 is 2.14 bits per heavy atom. The van der Waals surface area contributed by atoms with Gasteiger partial charge in [-0.2, -0.15) is 0 Å². The SMILES string of the molecule is O=C(Cc1csc(-c2cccc(F)c2)n1)N1CCCc2ccc([N+](=O)[O-])cc21. The minimum atomic E-state index is -0.455. The van der Waals surface area contributed by atoms with Crippen molar-refractivity contribution in [3.63, 3.8) is 0 Å². The first kappa shape index (κ1) is 18.2. The van der Waals surface area contributed by atoms with Gasteiger partial charge in [0.1, 0.15) is 10.8 Å². The van der Waals surface area contributed by atoms with Crippen LogP contribution >= 0.6 is 11.3 Å². The maximum atomic E-state index is 13.4. The molecule has 142 valence electrons. The van der Waals surface area contributed by atoms with E-state index in [0.717, 1.165) is 18.4 Å². The normalized spacial score (nSPS) is 13.2. The third-order valence-corrected chi connectivity index (χ3v) is 5.60. The monoisotopic (exact) mass is 397 g/mol. The third kappa shape index (κ3) is 3.63. The third-order valence-electron chi connectivity index (χ3n) is 4.66. The van der Waals surface area contributed by atoms with Gasteiger partial charge in [0.05, 0.1) is 22.7 Å². The Hall–Kier alpha value is -3.13. The topological polar surface area (TPSA) is 76.3 Å². The molecular weight excluding hydrogens is 381 g/mol. The van der Waals surface area contributed by atoms with Crippen LogP contribution in [0.2, 0.25) is 0 Å². The predicted molar refractivity (Wildman–Crippen MR) is 105 cm³/mol. The summed E-state index contributed by atoms with van der Waals surface area (Å²) < 4.78 is 13.4. The average molecular weight is 397 g/mol. The largest absolute Gasteiger partial charge is 0.312 e. The summed E-state index contributed by atoms with van der Waals surface area (Å²) in [5, 5.41) is 13.5. The molecule has 1 aromatic heterocycles. The molecule has 8 heteroatoms. The van der Waals surface area contributed by atoms with E-state index < -0.39 is 4.92 Å². The molecule has 28 heavy (non-hydrogen) atoms. The number of anilines is 1. The maximum Gasteiger partial charge on any atom is 0.271 e. The van der Waals surface area contributed by atoms with Crippen LogP contribution in [-0.4, -0.2) is 22.4 Å². The van der Waals surface area contributed by atoms with E-state index in [4.69, 9.17) is 0 Å². The number of non-ortho nitro benzene ring substituents is 1. The van der Waals surface area contributed by atoms with Crippen LogP contribution in [0.4, 0.5) is 15.8 Å². The minimum absolute atomic E-state index is 0.0273. The van der Waals surface area contributed by atoms with Gasteiger partial charge in [-0.15, -0.1) is 11.3 Å². The number of carbonyl (C=O) groups is 1. The Balaban J connectivity index is 1.55. The van der Waals surface area contributed by atoms with Crippen molar-refractivity contribution in [1.82, 2.24) is 4.98 Å². The molecule has 0 spiro atoms. The molecule has 0 radical (unpaired) electrons. The van der Waals surface area contributed by atoms with Crippen LogP contribution in [-0.2, 0) is 17.6 Å². The Labute approximate surface area is 164 Å². The lowest BCUT2D eigenvalue weighted by atomic mass is 10.0. The molecule has 3 aromatic rings. The average Bonchev–Trinajstić information content (AvgIpc) is 3.15. The molecule has 2 aromatic carbocycles. The number of nitro benzene ring substituents is 1. The molecule has 1 amide bonds. The number of aromatic nitrogens is 1. The molecule has 0 aliphatic carbocycles. The number of nitrogens with zero attached hydrogens (tertiary/aromatic N) is 3. The first-order valence-electron chi connectivity index (χ1n) is 8.79. The highest BCUT2D eigenvalue weighted by Crippen LogP contribution is 2.32. The Morgan fingerprint density at radius 1 is 1.29 bits per heavy atom. The van der Waals surface area contributed by atoms with Gasteiger partial charge >= 0.3 is 0 Å². The number of amides is 1. The lowest BCUT2D eigenvalue weighted by molar-refractivity contribution is -0.384. The first-order valence-corrected chi connectivity index (χ1v) is 9.67. The molecule has 4 rings (SSSR count). The molecule has 0 fully saturated rings. The molecule has 0 unspecified atom stereocenters. The number of hydrogen-bond donors (Lipinski definition) is 0. The zero-order valence-electron chi connectivity index (χ0n) is 14.8. The highest BCUT2D eigenvalue weighted by atomic mass is 32.1. The van der Waals surface area contributed by atoms with Crippen LogP contribution < -0.4 is 4.90 Å². The van der Waals surface area contributed by atoms with Gasteiger partial charge in [0.15, 0.2) is 0 Å². The quantitative estimate of drug-likeness (QED) is 0.484. The molecule has 2 heterocycles. The van der Waals surface area contributed by atoms with Crippen molar-refractivity contribution in [3.05, 3.63) is 75.0 Å². The number of carbonyl (C=O) groups excluding carboxylic acids is 1. The van der Waals surface area contributed by atoms with Gasteiger partial charge in [-0.25, -0.2) is 9.37 Å². The molecule has 0 atom stereocenters. The smallest absolute Gasteiger partial charge is 0.271 e. The summed E-state index contributed by atoms with van der Waals surface area (Å²) in [5.74, 6) is -0.491. The van der Waals surface area contributed by atoms with E-state index in [-0.39, 0.29) is 23.8 Å². The molecule has 0 bridgehead atoms. The van der Waals surface area contributed by atoms with E-state index in [1.807, 2.05) is 0 Å². The Kier molecular flexibility index (Phi) is 4.87. The van der Waals surface area contributed by atoms with E-state index in [1.54, 1.807) is 28.5 Å². The molecule has 0 saturated heterocycles. The van der Waals surface area contributed by atoms with Crippen LogP contribution in [0.25, 0.3) is 10.6 Å². The summed E-state index contributed by atoms with van der Waals surface area (Å²) in [6, 6.07) is 10.8. The molecular formula is C20H16FN3O3S. The maximum absolute atomic E-state index is 13.4. The zero-order valence-corrected chi connectivity index (χ0v) is 15.6. The van der Waals surface area contributed by atoms with Crippen molar-refractivity contribution < 1.29 is 14.1 Å². The van der Waals surface area contributed by atoms with Crippen molar-refractivity contribution in [2.75, 3.05) is 11.4 Å². The summed E-state index contributed by atoms with van der Waals surface area (Å²) in [6.45, 7) is 0.522. The second-order valence-electron chi connectivity index (χ2n) is 6.55. The lowest BCUT2D eigenvalue weighted by Crippen LogP contribution is -2.36. The van der Waals surface area contributed by atoms with Gasteiger partial charge in [-0.05, 0) is 30.5 Å². The molecule has 0 N–H and O–H groups in total. The highest BCUT2D eigenvalue weighted by molar-refractivity contribution is 7.13. The van der Waals surface area contributed by atoms with Gasteiger partial charge in [0.25, 0.3) is 5.69 Å². The minimum Gasteiger partial charge on any atom is -0.312 e. The Morgan fingerprint density at radius 3 is 2.93 bits per heavy atom. The van der Waals surface area contributed by atoms with E-state index in [0.29, 0.717) is 28.5 Å². The fraction of sp³-hybridized carbons (Fsp3) is 0.200. The first-order chi connectivity index (χ1) is 13.5. The standard InChI is InChI=1S/C20H16FN3O3S/c21-15-5-1-3-14(9-15)20-22-16(12-28-20)10-19(25)23-8-2-4-13-6-7-17(24(26)27)11-18(13)23/h1,3,5-7,9,11-12H,2,4,8,10H2. The van der Waals surface area contributed by atoms with Crippen molar-refractivity contribution >= 4 is 28.6 Å². The second kappa shape index (κ2) is 7.47. The molecule has 1 aliphatic rings. The fourth-order valence-electron chi connectivity index (χ4n) is 3.33. The van der Waals surface area contributed by atoms with Crippen LogP contribution in [0.15, 0.2) is 47.8 Å². The molecule has 1 aliphatic heterocycles. The lowest BCUT2D eigenvalue weighted by Gasteiger charge is -2.29. The summed E-state index contributed by atoms with van der Waals surface area (Å²) >= 11 is 1.35. The molecule has 6 nitrogen and oxygen atoms in total. The Bertz CT molecular complexity index is 1070. The van der Waals surface area contributed by atoms with Crippen molar-refractivity contribution in [2.45, 2.75) is 19.3 Å². The zero-order chi connectivity index (χ0) is 19.7. The van der Waals surface area contributed by atoms with Gasteiger partial charge in [0, 0.05) is 29.6 Å². The van der Waals surface area contributed by atoms with E-state index in [9.17, 15) is 19.3 Å². The summed E-state index contributed by atoms with van der Waals surface area (Å²) in [6.07, 6.45) is 1.69. The molecule has 0 saturated carbocycles. The van der Waals surface area contributed by atoms with E-state index in [2.05, 4.69) is 4.98 Å². The van der Waals surface area contributed by atoms with Crippen molar-refractivity contribution in [2.24, 2.45) is 0 Å². The summed E-state index contributed by atoms with van der Waals surface area (Å²) in [7, 11) is 0. The summed E-state index contributed by atoms with van der Waals surface area (Å²) in [4.78, 5) is 29.6. The highest BCUT2D eigenvalue weighted by Gasteiger charge is 2.25. The predicted octanol–water partition coefficient (Wildman–Crippen LogP) is 4.38. The van der Waals surface area contributed by atoms with Gasteiger partial charge in [0.2, 0.25) is 5.91 Å². The number of hydrogen-bond acceptors (Lipinski definition) is 5.